The quantitative estimate of drug-likeness (QED) is 0.414. The lowest BCUT2D eigenvalue weighted by molar-refractivity contribution is -0.121. The van der Waals surface area contributed by atoms with Gasteiger partial charge in [0.1, 0.15) is 13.2 Å². The molecule has 1 amide bonds. The van der Waals surface area contributed by atoms with E-state index in [2.05, 4.69) is 15.6 Å². The summed E-state index contributed by atoms with van der Waals surface area (Å²) in [4.78, 5) is 11.9. The molecule has 30 heavy (non-hydrogen) atoms. The lowest BCUT2D eigenvalue weighted by Gasteiger charge is -2.11. The van der Waals surface area contributed by atoms with Crippen LogP contribution < -0.4 is 14.9 Å². The molecule has 3 rings (SSSR count). The molecule has 0 aliphatic carbocycles. The Morgan fingerprint density at radius 2 is 2.00 bits per heavy atom. The Bertz CT molecular complexity index is 1070. The highest BCUT2D eigenvalue weighted by Gasteiger charge is 2.07. The molecular formula is C21H20Cl2N4O3. The van der Waals surface area contributed by atoms with Gasteiger partial charge in [-0.25, -0.2) is 5.43 Å². The van der Waals surface area contributed by atoms with E-state index in [4.69, 9.17) is 32.7 Å². The molecule has 0 atom stereocenters. The van der Waals surface area contributed by atoms with Crippen LogP contribution in [-0.2, 0) is 17.9 Å². The summed E-state index contributed by atoms with van der Waals surface area (Å²) in [5.74, 6) is 0.832. The molecule has 0 saturated carbocycles. The zero-order chi connectivity index (χ0) is 21.5. The summed E-state index contributed by atoms with van der Waals surface area (Å²) in [5.41, 5.74) is 4.94. The summed E-state index contributed by atoms with van der Waals surface area (Å²) in [6, 6.07) is 12.5. The van der Waals surface area contributed by atoms with Gasteiger partial charge in [0.05, 0.1) is 29.1 Å². The molecule has 0 saturated heterocycles. The number of carbonyl (C=O) groups is 1. The average molecular weight is 447 g/mol. The number of hydrogen-bond donors (Lipinski definition) is 1. The fourth-order valence-electron chi connectivity index (χ4n) is 2.59. The molecule has 3 aromatic rings. The van der Waals surface area contributed by atoms with Gasteiger partial charge < -0.3 is 9.47 Å². The largest absolute Gasteiger partial charge is 0.493 e. The van der Waals surface area contributed by atoms with Gasteiger partial charge in [-0.2, -0.15) is 10.2 Å². The maximum atomic E-state index is 11.9. The number of carbonyl (C=O) groups excluding carboxylic acids is 1. The molecule has 0 fully saturated rings. The molecule has 1 aromatic heterocycles. The van der Waals surface area contributed by atoms with Gasteiger partial charge in [-0.3, -0.25) is 9.48 Å². The summed E-state index contributed by atoms with van der Waals surface area (Å²) in [7, 11) is 1.55. The summed E-state index contributed by atoms with van der Waals surface area (Å²) in [6.07, 6.45) is 3.26. The Balaban J connectivity index is 1.58. The molecule has 0 bridgehead atoms. The van der Waals surface area contributed by atoms with Gasteiger partial charge in [0.2, 0.25) is 0 Å². The maximum absolute atomic E-state index is 11.9. The third-order valence-corrected chi connectivity index (χ3v) is 4.79. The molecule has 0 aliphatic heterocycles. The van der Waals surface area contributed by atoms with Gasteiger partial charge in [0.15, 0.2) is 11.5 Å². The Morgan fingerprint density at radius 1 is 1.17 bits per heavy atom. The monoisotopic (exact) mass is 446 g/mol. The second kappa shape index (κ2) is 10.1. The van der Waals surface area contributed by atoms with Crippen LogP contribution in [0.15, 0.2) is 53.8 Å². The van der Waals surface area contributed by atoms with Crippen LogP contribution in [0.5, 0.6) is 11.5 Å². The average Bonchev–Trinajstić information content (AvgIpc) is 3.13. The number of hydrogen-bond acceptors (Lipinski definition) is 5. The molecule has 1 N–H and O–H groups in total. The standard InChI is InChI=1S/C21H20Cl2N4O3/c1-14-7-8-27(26-14)12-21(28)25-24-11-15-4-6-19(20(10-15)29-2)30-13-16-3-5-17(22)18(23)9-16/h3-11H,12-13H2,1-2H3,(H,25,28). The highest BCUT2D eigenvalue weighted by Crippen LogP contribution is 2.29. The molecule has 9 heteroatoms. The number of halogens is 2. The minimum absolute atomic E-state index is 0.0932. The van der Waals surface area contributed by atoms with Crippen molar-refractivity contribution in [2.45, 2.75) is 20.1 Å². The molecule has 2 aromatic carbocycles. The third kappa shape index (κ3) is 5.98. The Morgan fingerprint density at radius 3 is 2.70 bits per heavy atom. The number of ether oxygens (including phenoxy) is 2. The Labute approximate surface area is 184 Å². The van der Waals surface area contributed by atoms with Crippen LogP contribution in [0.4, 0.5) is 0 Å². The van der Waals surface area contributed by atoms with E-state index in [0.717, 1.165) is 16.8 Å². The lowest BCUT2D eigenvalue weighted by atomic mass is 10.2. The van der Waals surface area contributed by atoms with Crippen molar-refractivity contribution in [2.75, 3.05) is 7.11 Å². The third-order valence-electron chi connectivity index (χ3n) is 4.05. The first-order valence-corrected chi connectivity index (χ1v) is 9.77. The van der Waals surface area contributed by atoms with Crippen LogP contribution in [0.25, 0.3) is 0 Å². The van der Waals surface area contributed by atoms with E-state index >= 15 is 0 Å². The summed E-state index contributed by atoms with van der Waals surface area (Å²) in [6.45, 7) is 2.26. The highest BCUT2D eigenvalue weighted by molar-refractivity contribution is 6.42. The summed E-state index contributed by atoms with van der Waals surface area (Å²) >= 11 is 12.0. The SMILES string of the molecule is COc1cc(C=NNC(=O)Cn2ccc(C)n2)ccc1OCc1ccc(Cl)c(Cl)c1. The van der Waals surface area contributed by atoms with Crippen molar-refractivity contribution < 1.29 is 14.3 Å². The molecular weight excluding hydrogens is 427 g/mol. The first kappa shape index (κ1) is 21.7. The van der Waals surface area contributed by atoms with Gasteiger partial charge in [0.25, 0.3) is 5.91 Å². The second-order valence-electron chi connectivity index (χ2n) is 6.40. The van der Waals surface area contributed by atoms with Crippen molar-refractivity contribution in [1.82, 2.24) is 15.2 Å². The topological polar surface area (TPSA) is 77.7 Å². The van der Waals surface area contributed by atoms with E-state index in [1.807, 2.05) is 19.1 Å². The fraction of sp³-hybridized carbons (Fsp3) is 0.190. The van der Waals surface area contributed by atoms with Crippen molar-refractivity contribution in [3.8, 4) is 11.5 Å². The number of nitrogens with one attached hydrogen (secondary N) is 1. The van der Waals surface area contributed by atoms with Gasteiger partial charge in [-0.1, -0.05) is 29.3 Å². The number of aryl methyl sites for hydroxylation is 1. The van der Waals surface area contributed by atoms with Gasteiger partial charge in [-0.15, -0.1) is 0 Å². The normalized spacial score (nSPS) is 10.9. The van der Waals surface area contributed by atoms with Crippen molar-refractivity contribution in [1.29, 1.82) is 0 Å². The molecule has 0 unspecified atom stereocenters. The number of hydrazone groups is 1. The zero-order valence-corrected chi connectivity index (χ0v) is 17.9. The second-order valence-corrected chi connectivity index (χ2v) is 7.21. The minimum atomic E-state index is -0.275. The van der Waals surface area contributed by atoms with Gasteiger partial charge >= 0.3 is 0 Å². The van der Waals surface area contributed by atoms with E-state index in [1.54, 1.807) is 48.3 Å². The number of benzene rings is 2. The number of rotatable bonds is 8. The van der Waals surface area contributed by atoms with Gasteiger partial charge in [0, 0.05) is 6.20 Å². The smallest absolute Gasteiger partial charge is 0.261 e. The van der Waals surface area contributed by atoms with Crippen LogP contribution in [0.1, 0.15) is 16.8 Å². The number of nitrogens with zero attached hydrogens (tertiary/aromatic N) is 3. The van der Waals surface area contributed by atoms with Gasteiger partial charge in [-0.05, 0) is 54.4 Å². The molecule has 0 spiro atoms. The predicted octanol–water partition coefficient (Wildman–Crippen LogP) is 4.24. The van der Waals surface area contributed by atoms with Crippen molar-refractivity contribution in [3.05, 3.63) is 75.5 Å². The van der Waals surface area contributed by atoms with Crippen LogP contribution in [0.3, 0.4) is 0 Å². The Kier molecular flexibility index (Phi) is 7.32. The fourth-order valence-corrected chi connectivity index (χ4v) is 2.91. The minimum Gasteiger partial charge on any atom is -0.493 e. The van der Waals surface area contributed by atoms with E-state index in [9.17, 15) is 4.79 Å². The molecule has 156 valence electrons. The molecule has 7 nitrogen and oxygen atoms in total. The lowest BCUT2D eigenvalue weighted by Crippen LogP contribution is -2.23. The van der Waals surface area contributed by atoms with Crippen molar-refractivity contribution >= 4 is 35.3 Å². The van der Waals surface area contributed by atoms with Crippen LogP contribution in [0.2, 0.25) is 10.0 Å². The number of methoxy groups -OCH3 is 1. The summed E-state index contributed by atoms with van der Waals surface area (Å²) in [5, 5.41) is 9.10. The molecule has 0 aliphatic rings. The van der Waals surface area contributed by atoms with E-state index in [-0.39, 0.29) is 12.5 Å². The van der Waals surface area contributed by atoms with Crippen molar-refractivity contribution in [2.24, 2.45) is 5.10 Å². The number of amides is 1. The first-order valence-electron chi connectivity index (χ1n) is 9.01. The predicted molar refractivity (Wildman–Crippen MR) is 116 cm³/mol. The van der Waals surface area contributed by atoms with E-state index in [0.29, 0.717) is 28.2 Å². The molecule has 1 heterocycles. The van der Waals surface area contributed by atoms with Crippen LogP contribution >= 0.6 is 23.2 Å². The van der Waals surface area contributed by atoms with Crippen LogP contribution in [0, 0.1) is 6.92 Å². The highest BCUT2D eigenvalue weighted by atomic mass is 35.5. The number of aromatic nitrogens is 2. The van der Waals surface area contributed by atoms with E-state index < -0.39 is 0 Å². The van der Waals surface area contributed by atoms with Crippen molar-refractivity contribution in [3.63, 3.8) is 0 Å². The zero-order valence-electron chi connectivity index (χ0n) is 16.4. The molecule has 0 radical (unpaired) electrons. The van der Waals surface area contributed by atoms with Crippen LogP contribution in [-0.4, -0.2) is 29.0 Å². The first-order chi connectivity index (χ1) is 14.4. The van der Waals surface area contributed by atoms with E-state index in [1.165, 1.54) is 6.21 Å². The Hall–Kier alpha value is -3.03. The summed E-state index contributed by atoms with van der Waals surface area (Å²) < 4.78 is 12.8. The maximum Gasteiger partial charge on any atom is 0.261 e.